The Labute approximate surface area is 206 Å². The summed E-state index contributed by atoms with van der Waals surface area (Å²) in [7, 11) is -0.759. The molecule has 9 heteroatoms. The average molecular weight is 498 g/mol. The number of carbonyl (C=O) groups is 2. The van der Waals surface area contributed by atoms with E-state index in [0.717, 1.165) is 35.8 Å². The number of likely N-dealkylation sites (tertiary alicyclic amines) is 2. The first-order chi connectivity index (χ1) is 16.7. The Bertz CT molecular complexity index is 1220. The number of ketones is 1. The molecule has 0 aliphatic carbocycles. The predicted octanol–water partition coefficient (Wildman–Crippen LogP) is 2.84. The van der Waals surface area contributed by atoms with Crippen LogP contribution in [0, 0.1) is 0 Å². The van der Waals surface area contributed by atoms with Crippen LogP contribution in [0.25, 0.3) is 5.76 Å². The Morgan fingerprint density at radius 2 is 1.57 bits per heavy atom. The number of hydrogen-bond acceptors (Lipinski definition) is 6. The second-order valence-corrected chi connectivity index (χ2v) is 11.3. The molecule has 0 aromatic heterocycles. The van der Waals surface area contributed by atoms with E-state index in [1.807, 2.05) is 30.3 Å². The van der Waals surface area contributed by atoms with Crippen molar-refractivity contribution in [3.05, 3.63) is 71.3 Å². The summed E-state index contributed by atoms with van der Waals surface area (Å²) in [5.41, 5.74) is 1.03. The van der Waals surface area contributed by atoms with Crippen LogP contribution in [-0.2, 0) is 19.6 Å². The number of rotatable bonds is 7. The van der Waals surface area contributed by atoms with Crippen molar-refractivity contribution in [1.82, 2.24) is 14.1 Å². The molecule has 2 aliphatic heterocycles. The number of Topliss-reactive ketones (excluding diaryl/α,β-unsaturated/α-hetero) is 1. The normalized spacial score (nSPS) is 21.1. The van der Waals surface area contributed by atoms with Gasteiger partial charge in [-0.3, -0.25) is 9.59 Å². The highest BCUT2D eigenvalue weighted by atomic mass is 32.2. The second kappa shape index (κ2) is 10.3. The monoisotopic (exact) mass is 497 g/mol. The molecule has 4 rings (SSSR count). The molecule has 0 spiro atoms. The van der Waals surface area contributed by atoms with Crippen LogP contribution in [0.2, 0.25) is 0 Å². The van der Waals surface area contributed by atoms with Gasteiger partial charge in [-0.15, -0.1) is 0 Å². The molecule has 1 N–H and O–H groups in total. The number of piperidine rings is 1. The molecule has 0 unspecified atom stereocenters. The van der Waals surface area contributed by atoms with Crippen molar-refractivity contribution in [2.24, 2.45) is 0 Å². The smallest absolute Gasteiger partial charge is 0.295 e. The van der Waals surface area contributed by atoms with Gasteiger partial charge >= 0.3 is 0 Å². The predicted molar refractivity (Wildman–Crippen MR) is 133 cm³/mol. The minimum absolute atomic E-state index is 0.0167. The van der Waals surface area contributed by atoms with Gasteiger partial charge in [0.05, 0.1) is 16.5 Å². The van der Waals surface area contributed by atoms with Crippen LogP contribution in [0.1, 0.15) is 36.4 Å². The summed E-state index contributed by atoms with van der Waals surface area (Å²) in [4.78, 5) is 30.2. The van der Waals surface area contributed by atoms with Crippen LogP contribution >= 0.6 is 0 Å². The lowest BCUT2D eigenvalue weighted by Crippen LogP contribution is -2.39. The second-order valence-electron chi connectivity index (χ2n) is 9.12. The number of sulfonamides is 1. The van der Waals surface area contributed by atoms with Gasteiger partial charge < -0.3 is 14.9 Å². The first-order valence-corrected chi connectivity index (χ1v) is 13.2. The first-order valence-electron chi connectivity index (χ1n) is 11.8. The SMILES string of the molecule is CN(C)S(=O)(=O)c1ccc(/C(O)=C2\C(=O)C(=O)N(CCN3CCCCC3)[C@@H]2c2ccccc2)cc1. The summed E-state index contributed by atoms with van der Waals surface area (Å²) in [6, 6.07) is 14.2. The minimum atomic E-state index is -3.64. The van der Waals surface area contributed by atoms with Gasteiger partial charge in [0.15, 0.2) is 0 Å². The molecule has 1 amide bonds. The Morgan fingerprint density at radius 3 is 2.17 bits per heavy atom. The zero-order chi connectivity index (χ0) is 25.2. The number of hydrogen-bond donors (Lipinski definition) is 1. The first kappa shape index (κ1) is 25.1. The maximum absolute atomic E-state index is 13.2. The largest absolute Gasteiger partial charge is 0.507 e. The van der Waals surface area contributed by atoms with Crippen LogP contribution in [0.5, 0.6) is 0 Å². The van der Waals surface area contributed by atoms with Gasteiger partial charge in [0, 0.05) is 32.7 Å². The summed E-state index contributed by atoms with van der Waals surface area (Å²) in [5.74, 6) is -1.68. The fourth-order valence-corrected chi connectivity index (χ4v) is 5.58. The van der Waals surface area contributed by atoms with E-state index in [9.17, 15) is 23.1 Å². The maximum Gasteiger partial charge on any atom is 0.295 e. The summed E-state index contributed by atoms with van der Waals surface area (Å²) >= 11 is 0. The van der Waals surface area contributed by atoms with Crippen molar-refractivity contribution >= 4 is 27.5 Å². The van der Waals surface area contributed by atoms with Crippen molar-refractivity contribution in [3.8, 4) is 0 Å². The topological polar surface area (TPSA) is 98.2 Å². The number of nitrogens with zero attached hydrogens (tertiary/aromatic N) is 3. The average Bonchev–Trinajstić information content (AvgIpc) is 3.13. The fourth-order valence-electron chi connectivity index (χ4n) is 4.68. The summed E-state index contributed by atoms with van der Waals surface area (Å²) < 4.78 is 25.9. The molecule has 8 nitrogen and oxygen atoms in total. The van der Waals surface area contributed by atoms with Crippen LogP contribution in [0.4, 0.5) is 0 Å². The summed E-state index contributed by atoms with van der Waals surface area (Å²) in [5, 5.41) is 11.2. The molecule has 2 heterocycles. The number of amides is 1. The fraction of sp³-hybridized carbons (Fsp3) is 0.385. The van der Waals surface area contributed by atoms with E-state index in [1.165, 1.54) is 44.8 Å². The number of carbonyl (C=O) groups excluding carboxylic acids is 2. The van der Waals surface area contributed by atoms with Crippen LogP contribution < -0.4 is 0 Å². The molecule has 2 aromatic carbocycles. The van der Waals surface area contributed by atoms with Crippen LogP contribution in [0.15, 0.2) is 65.1 Å². The van der Waals surface area contributed by atoms with Gasteiger partial charge in [0.2, 0.25) is 10.0 Å². The highest BCUT2D eigenvalue weighted by molar-refractivity contribution is 7.89. The van der Waals surface area contributed by atoms with Crippen molar-refractivity contribution in [3.63, 3.8) is 0 Å². The molecule has 2 fully saturated rings. The van der Waals surface area contributed by atoms with Crippen LogP contribution in [0.3, 0.4) is 0 Å². The van der Waals surface area contributed by atoms with E-state index in [1.54, 1.807) is 4.90 Å². The molecule has 0 radical (unpaired) electrons. The molecular formula is C26H31N3O5S. The number of benzene rings is 2. The number of aliphatic hydroxyl groups excluding tert-OH is 1. The lowest BCUT2D eigenvalue weighted by Gasteiger charge is -2.31. The van der Waals surface area contributed by atoms with Crippen molar-refractivity contribution in [2.75, 3.05) is 40.3 Å². The van der Waals surface area contributed by atoms with Gasteiger partial charge in [-0.1, -0.05) is 36.8 Å². The van der Waals surface area contributed by atoms with Gasteiger partial charge in [0.25, 0.3) is 11.7 Å². The summed E-state index contributed by atoms with van der Waals surface area (Å²) in [6.07, 6.45) is 3.46. The van der Waals surface area contributed by atoms with Gasteiger partial charge in [-0.05, 0) is 55.8 Å². The van der Waals surface area contributed by atoms with Crippen molar-refractivity contribution in [1.29, 1.82) is 0 Å². The molecule has 2 saturated heterocycles. The van der Waals surface area contributed by atoms with Crippen molar-refractivity contribution in [2.45, 2.75) is 30.2 Å². The third-order valence-electron chi connectivity index (χ3n) is 6.67. The number of aliphatic hydroxyl groups is 1. The molecule has 186 valence electrons. The molecule has 0 bridgehead atoms. The van der Waals surface area contributed by atoms with E-state index in [-0.39, 0.29) is 21.8 Å². The van der Waals surface area contributed by atoms with Crippen molar-refractivity contribution < 1.29 is 23.1 Å². The maximum atomic E-state index is 13.2. The molecule has 2 aliphatic rings. The minimum Gasteiger partial charge on any atom is -0.507 e. The highest BCUT2D eigenvalue weighted by Gasteiger charge is 2.46. The Balaban J connectivity index is 1.71. The Kier molecular flexibility index (Phi) is 7.39. The van der Waals surface area contributed by atoms with E-state index in [2.05, 4.69) is 4.90 Å². The third-order valence-corrected chi connectivity index (χ3v) is 8.50. The summed E-state index contributed by atoms with van der Waals surface area (Å²) in [6.45, 7) is 2.98. The third kappa shape index (κ3) is 5.03. The zero-order valence-electron chi connectivity index (χ0n) is 20.1. The van der Waals surface area contributed by atoms with E-state index in [0.29, 0.717) is 13.1 Å². The molecule has 2 aromatic rings. The van der Waals surface area contributed by atoms with E-state index in [4.69, 9.17) is 0 Å². The lowest BCUT2D eigenvalue weighted by atomic mass is 9.95. The molecular weight excluding hydrogens is 466 g/mol. The standard InChI is InChI=1S/C26H31N3O5S/c1-27(2)35(33,34)21-13-11-20(12-14-21)24(30)22-23(19-9-5-3-6-10-19)29(26(32)25(22)31)18-17-28-15-7-4-8-16-28/h3,5-6,9-14,23,30H,4,7-8,15-18H2,1-2H3/b24-22+/t23-/m1/s1. The molecule has 0 saturated carbocycles. The van der Waals surface area contributed by atoms with E-state index >= 15 is 0 Å². The van der Waals surface area contributed by atoms with Gasteiger partial charge in [0.1, 0.15) is 5.76 Å². The molecule has 1 atom stereocenters. The molecule has 35 heavy (non-hydrogen) atoms. The van der Waals surface area contributed by atoms with Crippen LogP contribution in [-0.4, -0.2) is 79.6 Å². The Hall–Kier alpha value is -3.01. The van der Waals surface area contributed by atoms with E-state index < -0.39 is 27.8 Å². The highest BCUT2D eigenvalue weighted by Crippen LogP contribution is 2.39. The Morgan fingerprint density at radius 1 is 0.943 bits per heavy atom. The lowest BCUT2D eigenvalue weighted by molar-refractivity contribution is -0.140. The van der Waals surface area contributed by atoms with Gasteiger partial charge in [-0.25, -0.2) is 12.7 Å². The quantitative estimate of drug-likeness (QED) is 0.359. The zero-order valence-corrected chi connectivity index (χ0v) is 20.9. The van der Waals surface area contributed by atoms with Gasteiger partial charge in [-0.2, -0.15) is 0 Å².